The Morgan fingerprint density at radius 2 is 1.71 bits per heavy atom. The predicted octanol–water partition coefficient (Wildman–Crippen LogP) is 1.55. The summed E-state index contributed by atoms with van der Waals surface area (Å²) in [6.07, 6.45) is 0. The topological polar surface area (TPSA) is 37.4 Å². The lowest BCUT2D eigenvalue weighted by Gasteiger charge is -2.14. The first-order valence-electron chi connectivity index (χ1n) is 4.36. The zero-order chi connectivity index (χ0) is 10.9. The van der Waals surface area contributed by atoms with Crippen LogP contribution in [0.2, 0.25) is 0 Å². The van der Waals surface area contributed by atoms with Gasteiger partial charge in [-0.2, -0.15) is 0 Å². The monoisotopic (exact) mass is 213 g/mol. The van der Waals surface area contributed by atoms with Crippen molar-refractivity contribution >= 4 is 10.0 Å². The third kappa shape index (κ3) is 1.81. The molecule has 1 aromatic rings. The van der Waals surface area contributed by atoms with Crippen LogP contribution in [0.25, 0.3) is 0 Å². The molecular formula is C10H15NO2S. The second kappa shape index (κ2) is 3.71. The van der Waals surface area contributed by atoms with Crippen LogP contribution < -0.4 is 0 Å². The number of hydrogen-bond donors (Lipinski definition) is 0. The number of sulfonamides is 1. The van der Waals surface area contributed by atoms with Crippen LogP contribution in [0.4, 0.5) is 0 Å². The Bertz CT molecular complexity index is 435. The molecule has 0 aliphatic rings. The van der Waals surface area contributed by atoms with Crippen LogP contribution in [-0.4, -0.2) is 26.8 Å². The lowest BCUT2D eigenvalue weighted by molar-refractivity contribution is 0.520. The molecule has 0 fully saturated rings. The summed E-state index contributed by atoms with van der Waals surface area (Å²) < 4.78 is 24.9. The van der Waals surface area contributed by atoms with E-state index in [2.05, 4.69) is 0 Å². The standard InChI is InChI=1S/C10H15NO2S/c1-8-6-5-7-10(9(8)2)14(12,13)11(3)4/h5-7H,1-4H3. The highest BCUT2D eigenvalue weighted by Crippen LogP contribution is 2.20. The molecule has 14 heavy (non-hydrogen) atoms. The molecule has 0 atom stereocenters. The van der Waals surface area contributed by atoms with E-state index in [0.717, 1.165) is 11.1 Å². The number of nitrogens with zero attached hydrogens (tertiary/aromatic N) is 1. The van der Waals surface area contributed by atoms with Crippen LogP contribution in [0.1, 0.15) is 11.1 Å². The molecule has 0 spiro atoms. The second-order valence-corrected chi connectivity index (χ2v) is 5.61. The van der Waals surface area contributed by atoms with Crippen molar-refractivity contribution in [3.63, 3.8) is 0 Å². The third-order valence-corrected chi connectivity index (χ3v) is 4.27. The zero-order valence-electron chi connectivity index (χ0n) is 8.90. The number of benzene rings is 1. The van der Waals surface area contributed by atoms with Crippen molar-refractivity contribution in [1.29, 1.82) is 0 Å². The number of rotatable bonds is 2. The van der Waals surface area contributed by atoms with Gasteiger partial charge in [0.15, 0.2) is 0 Å². The summed E-state index contributed by atoms with van der Waals surface area (Å²) in [7, 11) is -0.219. The van der Waals surface area contributed by atoms with Crippen LogP contribution >= 0.6 is 0 Å². The summed E-state index contributed by atoms with van der Waals surface area (Å²) in [5, 5.41) is 0. The van der Waals surface area contributed by atoms with Crippen molar-refractivity contribution in [2.24, 2.45) is 0 Å². The fourth-order valence-corrected chi connectivity index (χ4v) is 2.39. The molecule has 0 heterocycles. The summed E-state index contributed by atoms with van der Waals surface area (Å²) in [5.41, 5.74) is 1.81. The Labute approximate surface area is 85.4 Å². The molecule has 3 nitrogen and oxygen atoms in total. The van der Waals surface area contributed by atoms with Gasteiger partial charge in [-0.25, -0.2) is 12.7 Å². The molecule has 1 aromatic carbocycles. The van der Waals surface area contributed by atoms with E-state index in [1.54, 1.807) is 12.1 Å². The van der Waals surface area contributed by atoms with Crippen molar-refractivity contribution in [3.8, 4) is 0 Å². The minimum atomic E-state index is -3.30. The average Bonchev–Trinajstić information content (AvgIpc) is 2.09. The van der Waals surface area contributed by atoms with Gasteiger partial charge in [0, 0.05) is 14.1 Å². The van der Waals surface area contributed by atoms with E-state index in [9.17, 15) is 8.42 Å². The highest BCUT2D eigenvalue weighted by Gasteiger charge is 2.19. The highest BCUT2D eigenvalue weighted by molar-refractivity contribution is 7.89. The molecule has 0 bridgehead atoms. The van der Waals surface area contributed by atoms with E-state index < -0.39 is 10.0 Å². The molecule has 0 aliphatic carbocycles. The highest BCUT2D eigenvalue weighted by atomic mass is 32.2. The van der Waals surface area contributed by atoms with Gasteiger partial charge in [0.1, 0.15) is 0 Å². The fourth-order valence-electron chi connectivity index (χ4n) is 1.20. The van der Waals surface area contributed by atoms with Crippen LogP contribution in [0.15, 0.2) is 23.1 Å². The molecular weight excluding hydrogens is 198 g/mol. The molecule has 0 aliphatic heterocycles. The maximum Gasteiger partial charge on any atom is 0.242 e. The van der Waals surface area contributed by atoms with Gasteiger partial charge in [-0.05, 0) is 31.0 Å². The summed E-state index contributed by atoms with van der Waals surface area (Å²) in [4.78, 5) is 0.391. The van der Waals surface area contributed by atoms with Crippen molar-refractivity contribution in [3.05, 3.63) is 29.3 Å². The zero-order valence-corrected chi connectivity index (χ0v) is 9.72. The van der Waals surface area contributed by atoms with Gasteiger partial charge in [-0.15, -0.1) is 0 Å². The van der Waals surface area contributed by atoms with Gasteiger partial charge >= 0.3 is 0 Å². The van der Waals surface area contributed by atoms with Gasteiger partial charge in [-0.1, -0.05) is 12.1 Å². The molecule has 0 N–H and O–H groups in total. The van der Waals surface area contributed by atoms with E-state index in [4.69, 9.17) is 0 Å². The Balaban J connectivity index is 3.42. The fraction of sp³-hybridized carbons (Fsp3) is 0.400. The third-order valence-electron chi connectivity index (χ3n) is 2.31. The van der Waals surface area contributed by atoms with Crippen LogP contribution in [0, 0.1) is 13.8 Å². The normalized spacial score (nSPS) is 12.1. The van der Waals surface area contributed by atoms with Crippen molar-refractivity contribution in [2.45, 2.75) is 18.7 Å². The maximum absolute atomic E-state index is 11.8. The summed E-state index contributed by atoms with van der Waals surface area (Å²) in [6.45, 7) is 3.73. The van der Waals surface area contributed by atoms with Crippen molar-refractivity contribution < 1.29 is 8.42 Å². The maximum atomic E-state index is 11.8. The lowest BCUT2D eigenvalue weighted by atomic mass is 10.1. The van der Waals surface area contributed by atoms with E-state index in [1.807, 2.05) is 19.9 Å². The van der Waals surface area contributed by atoms with E-state index in [1.165, 1.54) is 18.4 Å². The largest absolute Gasteiger partial charge is 0.242 e. The first kappa shape index (κ1) is 11.2. The van der Waals surface area contributed by atoms with E-state index >= 15 is 0 Å². The quantitative estimate of drug-likeness (QED) is 0.747. The Morgan fingerprint density at radius 3 is 2.21 bits per heavy atom. The first-order chi connectivity index (χ1) is 6.37. The number of hydrogen-bond acceptors (Lipinski definition) is 2. The Hall–Kier alpha value is -0.870. The smallest absolute Gasteiger partial charge is 0.207 e. The van der Waals surface area contributed by atoms with Crippen molar-refractivity contribution in [1.82, 2.24) is 4.31 Å². The minimum absolute atomic E-state index is 0.391. The average molecular weight is 213 g/mol. The minimum Gasteiger partial charge on any atom is -0.207 e. The van der Waals surface area contributed by atoms with Gasteiger partial charge in [-0.3, -0.25) is 0 Å². The number of aryl methyl sites for hydroxylation is 1. The van der Waals surface area contributed by atoms with E-state index in [0.29, 0.717) is 4.90 Å². The molecule has 0 amide bonds. The first-order valence-corrected chi connectivity index (χ1v) is 5.80. The molecule has 0 radical (unpaired) electrons. The Kier molecular flexibility index (Phi) is 2.97. The molecule has 4 heteroatoms. The molecule has 1 rings (SSSR count). The second-order valence-electron chi connectivity index (χ2n) is 3.49. The molecule has 0 saturated heterocycles. The SMILES string of the molecule is Cc1cccc(S(=O)(=O)N(C)C)c1C. The van der Waals surface area contributed by atoms with Crippen LogP contribution in [0.5, 0.6) is 0 Å². The molecule has 0 aromatic heterocycles. The summed E-state index contributed by atoms with van der Waals surface area (Å²) in [6, 6.07) is 5.31. The predicted molar refractivity (Wildman–Crippen MR) is 56.8 cm³/mol. The molecule has 0 unspecified atom stereocenters. The van der Waals surface area contributed by atoms with Crippen LogP contribution in [-0.2, 0) is 10.0 Å². The van der Waals surface area contributed by atoms with E-state index in [-0.39, 0.29) is 0 Å². The van der Waals surface area contributed by atoms with Crippen molar-refractivity contribution in [2.75, 3.05) is 14.1 Å². The van der Waals surface area contributed by atoms with Gasteiger partial charge in [0.2, 0.25) is 10.0 Å². The summed E-state index contributed by atoms with van der Waals surface area (Å²) >= 11 is 0. The molecule has 78 valence electrons. The van der Waals surface area contributed by atoms with Gasteiger partial charge in [0.05, 0.1) is 4.90 Å². The Morgan fingerprint density at radius 1 is 1.14 bits per heavy atom. The van der Waals surface area contributed by atoms with Gasteiger partial charge < -0.3 is 0 Å². The van der Waals surface area contributed by atoms with Gasteiger partial charge in [0.25, 0.3) is 0 Å². The molecule has 0 saturated carbocycles. The lowest BCUT2D eigenvalue weighted by Crippen LogP contribution is -2.23. The summed E-state index contributed by atoms with van der Waals surface area (Å²) in [5.74, 6) is 0. The van der Waals surface area contributed by atoms with Crippen LogP contribution in [0.3, 0.4) is 0 Å².